The van der Waals surface area contributed by atoms with Gasteiger partial charge in [-0.15, -0.1) is 0 Å². The molecule has 0 aromatic heterocycles. The van der Waals surface area contributed by atoms with Crippen molar-refractivity contribution < 1.29 is 33.3 Å². The molecule has 5 atom stereocenters. The summed E-state index contributed by atoms with van der Waals surface area (Å²) in [6, 6.07) is 9.42. The number of rotatable bonds is 5. The van der Waals surface area contributed by atoms with E-state index < -0.39 is 47.8 Å². The zero-order chi connectivity index (χ0) is 19.3. The van der Waals surface area contributed by atoms with Gasteiger partial charge in [0.15, 0.2) is 18.3 Å². The molecule has 1 unspecified atom stereocenters. The Morgan fingerprint density at radius 1 is 0.846 bits per heavy atom. The van der Waals surface area contributed by atoms with Crippen molar-refractivity contribution in [1.82, 2.24) is 0 Å². The van der Waals surface area contributed by atoms with Crippen LogP contribution in [-0.4, -0.2) is 47.8 Å². The largest absolute Gasteiger partial charge is 0.456 e. The molecule has 1 aliphatic heterocycles. The zero-order valence-electron chi connectivity index (χ0n) is 15.0. The highest BCUT2D eigenvalue weighted by Gasteiger charge is 2.50. The van der Waals surface area contributed by atoms with Crippen molar-refractivity contribution in [2.75, 3.05) is 0 Å². The minimum absolute atomic E-state index is 0.543. The van der Waals surface area contributed by atoms with E-state index >= 15 is 0 Å². The van der Waals surface area contributed by atoms with Gasteiger partial charge in [0.25, 0.3) is 0 Å². The van der Waals surface area contributed by atoms with E-state index in [0.29, 0.717) is 0 Å². The predicted octanol–water partition coefficient (Wildman–Crippen LogP) is 2.32. The first-order valence-electron chi connectivity index (χ1n) is 8.16. The molecule has 1 aromatic carbocycles. The molecule has 1 saturated heterocycles. The fourth-order valence-electron chi connectivity index (χ4n) is 2.70. The lowest BCUT2D eigenvalue weighted by Gasteiger charge is -2.43. The molecule has 1 aliphatic rings. The van der Waals surface area contributed by atoms with E-state index in [1.165, 1.54) is 32.5 Å². The molecule has 142 valence electrons. The summed E-state index contributed by atoms with van der Waals surface area (Å²) < 4.78 is 22.0. The molecule has 1 fully saturated rings. The van der Waals surface area contributed by atoms with Crippen molar-refractivity contribution in [2.24, 2.45) is 0 Å². The summed E-state index contributed by atoms with van der Waals surface area (Å²) >= 11 is 1.34. The number of benzene rings is 1. The fraction of sp³-hybridized carbons (Fsp3) is 0.500. The maximum Gasteiger partial charge on any atom is 0.303 e. The van der Waals surface area contributed by atoms with Gasteiger partial charge in [-0.25, -0.2) is 0 Å². The number of carbonyl (C=O) groups is 3. The Hall–Kier alpha value is -2.06. The quantitative estimate of drug-likeness (QED) is 0.566. The molecule has 0 saturated carbocycles. The average Bonchev–Trinajstić information content (AvgIpc) is 2.54. The Kier molecular flexibility index (Phi) is 7.05. The van der Waals surface area contributed by atoms with Gasteiger partial charge in [0.2, 0.25) is 0 Å². The second kappa shape index (κ2) is 9.05. The summed E-state index contributed by atoms with van der Waals surface area (Å²) in [7, 11) is 0. The van der Waals surface area contributed by atoms with Gasteiger partial charge in [0.05, 0.1) is 6.10 Å². The molecule has 0 amide bonds. The van der Waals surface area contributed by atoms with Crippen LogP contribution in [0.5, 0.6) is 0 Å². The molecule has 0 bridgehead atoms. The number of thioether (sulfide) groups is 1. The maximum absolute atomic E-state index is 11.6. The summed E-state index contributed by atoms with van der Waals surface area (Å²) in [6.45, 7) is 5.47. The highest BCUT2D eigenvalue weighted by molar-refractivity contribution is 7.99. The minimum Gasteiger partial charge on any atom is -0.456 e. The van der Waals surface area contributed by atoms with Crippen LogP contribution in [0, 0.1) is 0 Å². The third-order valence-electron chi connectivity index (χ3n) is 3.63. The maximum atomic E-state index is 11.6. The Labute approximate surface area is 156 Å². The highest BCUT2D eigenvalue weighted by atomic mass is 32.2. The van der Waals surface area contributed by atoms with Crippen molar-refractivity contribution in [3.63, 3.8) is 0 Å². The molecule has 0 N–H and O–H groups in total. The van der Waals surface area contributed by atoms with Crippen LogP contribution >= 0.6 is 11.8 Å². The second-order valence-electron chi connectivity index (χ2n) is 5.86. The van der Waals surface area contributed by atoms with E-state index in [4.69, 9.17) is 18.9 Å². The normalized spacial score (nSPS) is 28.1. The van der Waals surface area contributed by atoms with E-state index in [-0.39, 0.29) is 0 Å². The smallest absolute Gasteiger partial charge is 0.303 e. The van der Waals surface area contributed by atoms with Gasteiger partial charge < -0.3 is 18.9 Å². The van der Waals surface area contributed by atoms with Crippen molar-refractivity contribution in [3.8, 4) is 0 Å². The molecule has 1 aromatic rings. The van der Waals surface area contributed by atoms with Gasteiger partial charge in [0.1, 0.15) is 5.44 Å². The Morgan fingerprint density at radius 3 is 1.88 bits per heavy atom. The van der Waals surface area contributed by atoms with Crippen molar-refractivity contribution in [1.29, 1.82) is 0 Å². The van der Waals surface area contributed by atoms with Crippen LogP contribution in [0.1, 0.15) is 27.7 Å². The summed E-state index contributed by atoms with van der Waals surface area (Å²) in [5.74, 6) is -1.66. The van der Waals surface area contributed by atoms with Crippen LogP contribution < -0.4 is 0 Å². The molecular formula is C18H22O7S. The third-order valence-corrected chi connectivity index (χ3v) is 4.78. The average molecular weight is 382 g/mol. The summed E-state index contributed by atoms with van der Waals surface area (Å²) in [6.07, 6.45) is -3.34. The van der Waals surface area contributed by atoms with Gasteiger partial charge in [-0.3, -0.25) is 14.4 Å². The standard InChI is InChI=1S/C18H22O7S/c1-10-15(23-11(2)19)16(24-12(3)20)17(25-13(4)21)18(22-10)26-14-8-6-5-7-9-14/h5-10,15-18H,1-4H3/t10-,15-,16+,17+,18?/m0/s1. The lowest BCUT2D eigenvalue weighted by atomic mass is 10.00. The Balaban J connectivity index is 2.33. The SMILES string of the molecule is CC(=O)O[C@@H]1[C@@H](OC(C)=O)[C@@H](OC(C)=O)C(Sc2ccccc2)O[C@H]1C. The van der Waals surface area contributed by atoms with Gasteiger partial charge >= 0.3 is 17.9 Å². The molecule has 0 radical (unpaired) electrons. The Bertz CT molecular complexity index is 648. The topological polar surface area (TPSA) is 88.1 Å². The van der Waals surface area contributed by atoms with Crippen LogP contribution in [-0.2, 0) is 33.3 Å². The van der Waals surface area contributed by atoms with Gasteiger partial charge in [-0.05, 0) is 19.1 Å². The summed E-state index contributed by atoms with van der Waals surface area (Å²) in [5, 5.41) is 0. The number of hydrogen-bond acceptors (Lipinski definition) is 8. The van der Waals surface area contributed by atoms with Crippen LogP contribution in [0.2, 0.25) is 0 Å². The number of hydrogen-bond donors (Lipinski definition) is 0. The molecule has 0 spiro atoms. The molecule has 2 rings (SSSR count). The van der Waals surface area contributed by atoms with Gasteiger partial charge in [-0.1, -0.05) is 30.0 Å². The molecule has 1 heterocycles. The minimum atomic E-state index is -0.967. The predicted molar refractivity (Wildman–Crippen MR) is 93.3 cm³/mol. The molecule has 0 aliphatic carbocycles. The molecule has 8 heteroatoms. The van der Waals surface area contributed by atoms with Crippen LogP contribution in [0.3, 0.4) is 0 Å². The summed E-state index contributed by atoms with van der Waals surface area (Å²) in [4.78, 5) is 35.6. The van der Waals surface area contributed by atoms with Crippen LogP contribution in [0.25, 0.3) is 0 Å². The van der Waals surface area contributed by atoms with Gasteiger partial charge in [-0.2, -0.15) is 0 Å². The monoisotopic (exact) mass is 382 g/mol. The van der Waals surface area contributed by atoms with Gasteiger partial charge in [0, 0.05) is 25.7 Å². The number of ether oxygens (including phenoxy) is 4. The lowest BCUT2D eigenvalue weighted by molar-refractivity contribution is -0.229. The third kappa shape index (κ3) is 5.47. The second-order valence-corrected chi connectivity index (χ2v) is 7.03. The first-order valence-corrected chi connectivity index (χ1v) is 9.04. The zero-order valence-corrected chi connectivity index (χ0v) is 15.9. The van der Waals surface area contributed by atoms with E-state index in [2.05, 4.69) is 0 Å². The Morgan fingerprint density at radius 2 is 1.35 bits per heavy atom. The fourth-order valence-corrected chi connectivity index (χ4v) is 3.86. The van der Waals surface area contributed by atoms with Crippen molar-refractivity contribution in [2.45, 2.75) is 62.4 Å². The van der Waals surface area contributed by atoms with E-state index in [0.717, 1.165) is 4.90 Å². The van der Waals surface area contributed by atoms with E-state index in [1.54, 1.807) is 6.92 Å². The lowest BCUT2D eigenvalue weighted by Crippen LogP contribution is -2.59. The van der Waals surface area contributed by atoms with Crippen molar-refractivity contribution >= 4 is 29.7 Å². The molecular weight excluding hydrogens is 360 g/mol. The number of carbonyl (C=O) groups excluding carboxylic acids is 3. The molecule has 26 heavy (non-hydrogen) atoms. The van der Waals surface area contributed by atoms with E-state index in [9.17, 15) is 14.4 Å². The first kappa shape index (κ1) is 20.3. The molecule has 7 nitrogen and oxygen atoms in total. The van der Waals surface area contributed by atoms with Crippen LogP contribution in [0.4, 0.5) is 0 Å². The van der Waals surface area contributed by atoms with Crippen molar-refractivity contribution in [3.05, 3.63) is 30.3 Å². The van der Waals surface area contributed by atoms with Crippen LogP contribution in [0.15, 0.2) is 35.2 Å². The summed E-state index contributed by atoms with van der Waals surface area (Å²) in [5.41, 5.74) is -0.632. The first-order chi connectivity index (χ1) is 12.3. The van der Waals surface area contributed by atoms with E-state index in [1.807, 2.05) is 30.3 Å². The number of esters is 3. The highest BCUT2D eigenvalue weighted by Crippen LogP contribution is 2.37.